The standard InChI is InChI=1S/C64H44N2/c1-4-16-45(17-5-1)47-30-36-55(37-31-47)65(56-38-32-48(33-39-56)46-18-6-2-7-19-46)57-40-34-49(35-41-57)51-42-52(59-26-14-21-50-20-10-11-24-58(50)59)44-53(43-51)60-27-15-29-63-64(60)61-25-12-13-28-62(61)66(63)54-22-8-3-9-23-54/h1-44H/i3D,8D,9D,22D,23D. The van der Waals surface area contributed by atoms with Crippen molar-refractivity contribution in [1.29, 1.82) is 0 Å². The molecule has 0 bridgehead atoms. The van der Waals surface area contributed by atoms with Crippen LogP contribution in [-0.4, -0.2) is 4.57 Å². The Morgan fingerprint density at radius 3 is 1.38 bits per heavy atom. The summed E-state index contributed by atoms with van der Waals surface area (Å²) in [5.74, 6) is 0. The van der Waals surface area contributed by atoms with Gasteiger partial charge in [-0.25, -0.2) is 0 Å². The molecule has 12 aromatic rings. The van der Waals surface area contributed by atoms with E-state index in [9.17, 15) is 0 Å². The molecule has 12 rings (SSSR count). The monoisotopic (exact) mass is 845 g/mol. The van der Waals surface area contributed by atoms with Crippen molar-refractivity contribution in [1.82, 2.24) is 4.57 Å². The van der Waals surface area contributed by atoms with Gasteiger partial charge in [-0.1, -0.05) is 188 Å². The van der Waals surface area contributed by atoms with E-state index < -0.39 is 6.04 Å². The fourth-order valence-corrected chi connectivity index (χ4v) is 9.56. The molecule has 0 N–H and O–H groups in total. The van der Waals surface area contributed by atoms with Crippen molar-refractivity contribution in [2.45, 2.75) is 0 Å². The minimum atomic E-state index is -0.418. The van der Waals surface area contributed by atoms with Gasteiger partial charge >= 0.3 is 0 Å². The summed E-state index contributed by atoms with van der Waals surface area (Å²) in [6, 6.07) is 81.3. The van der Waals surface area contributed by atoms with Crippen molar-refractivity contribution < 1.29 is 6.85 Å². The number of nitrogens with zero attached hydrogens (tertiary/aromatic N) is 2. The Balaban J connectivity index is 1.02. The van der Waals surface area contributed by atoms with Crippen molar-refractivity contribution in [2.24, 2.45) is 0 Å². The van der Waals surface area contributed by atoms with Gasteiger partial charge in [0.15, 0.2) is 0 Å². The van der Waals surface area contributed by atoms with E-state index in [-0.39, 0.29) is 29.9 Å². The molecule has 11 aromatic carbocycles. The van der Waals surface area contributed by atoms with Gasteiger partial charge < -0.3 is 9.47 Å². The van der Waals surface area contributed by atoms with E-state index in [0.29, 0.717) is 0 Å². The topological polar surface area (TPSA) is 8.17 Å². The smallest absolute Gasteiger partial charge is 0.0645 e. The number of aromatic nitrogens is 1. The van der Waals surface area contributed by atoms with E-state index in [1.54, 1.807) is 0 Å². The fraction of sp³-hybridized carbons (Fsp3) is 0. The maximum atomic E-state index is 9.02. The van der Waals surface area contributed by atoms with E-state index in [0.717, 1.165) is 94.1 Å². The lowest BCUT2D eigenvalue weighted by Crippen LogP contribution is -2.09. The molecular weight excluding hydrogens is 797 g/mol. The van der Waals surface area contributed by atoms with Crippen LogP contribution in [0.15, 0.2) is 267 Å². The summed E-state index contributed by atoms with van der Waals surface area (Å²) in [4.78, 5) is 2.30. The van der Waals surface area contributed by atoms with Crippen molar-refractivity contribution in [2.75, 3.05) is 4.90 Å². The van der Waals surface area contributed by atoms with E-state index >= 15 is 0 Å². The van der Waals surface area contributed by atoms with Gasteiger partial charge in [-0.3, -0.25) is 0 Å². The number of hydrogen-bond donors (Lipinski definition) is 0. The molecule has 0 spiro atoms. The number of para-hydroxylation sites is 2. The molecule has 0 aliphatic heterocycles. The Labute approximate surface area is 392 Å². The quantitative estimate of drug-likeness (QED) is 0.141. The van der Waals surface area contributed by atoms with Crippen molar-refractivity contribution in [3.8, 4) is 61.3 Å². The lowest BCUT2D eigenvalue weighted by Gasteiger charge is -2.26. The molecule has 2 heteroatoms. The highest BCUT2D eigenvalue weighted by Gasteiger charge is 2.19. The van der Waals surface area contributed by atoms with Crippen molar-refractivity contribution in [3.05, 3.63) is 267 Å². The molecule has 0 atom stereocenters. The van der Waals surface area contributed by atoms with Gasteiger partial charge in [0.1, 0.15) is 0 Å². The largest absolute Gasteiger partial charge is 0.311 e. The van der Waals surface area contributed by atoms with Crippen LogP contribution >= 0.6 is 0 Å². The highest BCUT2D eigenvalue weighted by Crippen LogP contribution is 2.43. The zero-order valence-electron chi connectivity index (χ0n) is 40.9. The summed E-state index contributed by atoms with van der Waals surface area (Å²) in [7, 11) is 0. The first kappa shape index (κ1) is 33.8. The summed E-state index contributed by atoms with van der Waals surface area (Å²) in [6.07, 6.45) is 0. The summed E-state index contributed by atoms with van der Waals surface area (Å²) in [5, 5.41) is 4.15. The van der Waals surface area contributed by atoms with Gasteiger partial charge in [0, 0.05) is 33.5 Å². The number of hydrogen-bond acceptors (Lipinski definition) is 1. The van der Waals surface area contributed by atoms with Crippen LogP contribution in [0.5, 0.6) is 0 Å². The predicted molar refractivity (Wildman–Crippen MR) is 280 cm³/mol. The number of benzene rings is 11. The molecule has 0 amide bonds. The number of anilines is 3. The predicted octanol–water partition coefficient (Wildman–Crippen LogP) is 17.7. The van der Waals surface area contributed by atoms with Crippen LogP contribution in [0.25, 0.3) is 93.9 Å². The van der Waals surface area contributed by atoms with E-state index in [1.165, 1.54) is 11.1 Å². The maximum Gasteiger partial charge on any atom is 0.0645 e. The average Bonchev–Trinajstić information content (AvgIpc) is 3.77. The van der Waals surface area contributed by atoms with Gasteiger partial charge in [0.05, 0.1) is 17.9 Å². The molecule has 0 saturated heterocycles. The molecule has 310 valence electrons. The van der Waals surface area contributed by atoms with Gasteiger partial charge in [-0.05, 0) is 145 Å². The van der Waals surface area contributed by atoms with Crippen LogP contribution in [0.2, 0.25) is 0 Å². The second kappa shape index (κ2) is 16.8. The first-order valence-corrected chi connectivity index (χ1v) is 22.3. The molecule has 0 unspecified atom stereocenters. The number of rotatable bonds is 9. The lowest BCUT2D eigenvalue weighted by atomic mass is 9.90. The normalized spacial score (nSPS) is 12.4. The average molecular weight is 846 g/mol. The second-order valence-electron chi connectivity index (χ2n) is 16.6. The Bertz CT molecular complexity index is 3840. The zero-order chi connectivity index (χ0) is 48.2. The minimum absolute atomic E-state index is 0.123. The third-order valence-corrected chi connectivity index (χ3v) is 12.7. The molecular formula is C64H44N2. The van der Waals surface area contributed by atoms with Crippen LogP contribution in [0.4, 0.5) is 17.1 Å². The first-order chi connectivity index (χ1) is 34.8. The van der Waals surface area contributed by atoms with Crippen molar-refractivity contribution in [3.63, 3.8) is 0 Å². The second-order valence-corrected chi connectivity index (χ2v) is 16.6. The Morgan fingerprint density at radius 1 is 0.318 bits per heavy atom. The van der Waals surface area contributed by atoms with Crippen LogP contribution in [0.3, 0.4) is 0 Å². The van der Waals surface area contributed by atoms with E-state index in [2.05, 4.69) is 199 Å². The van der Waals surface area contributed by atoms with Gasteiger partial charge in [0.25, 0.3) is 0 Å². The van der Waals surface area contributed by atoms with E-state index in [4.69, 9.17) is 6.85 Å². The lowest BCUT2D eigenvalue weighted by molar-refractivity contribution is 1.18. The van der Waals surface area contributed by atoms with Crippen LogP contribution < -0.4 is 4.90 Å². The van der Waals surface area contributed by atoms with Crippen LogP contribution in [0, 0.1) is 0 Å². The molecule has 66 heavy (non-hydrogen) atoms. The molecule has 0 radical (unpaired) electrons. The molecule has 1 aromatic heterocycles. The molecule has 0 aliphatic carbocycles. The zero-order valence-corrected chi connectivity index (χ0v) is 35.9. The summed E-state index contributed by atoms with van der Waals surface area (Å²) in [5.41, 5.74) is 15.6. The van der Waals surface area contributed by atoms with Gasteiger partial charge in [-0.15, -0.1) is 0 Å². The van der Waals surface area contributed by atoms with E-state index in [1.807, 2.05) is 47.0 Å². The van der Waals surface area contributed by atoms with Crippen molar-refractivity contribution >= 4 is 49.6 Å². The molecule has 0 saturated carbocycles. The highest BCUT2D eigenvalue weighted by molar-refractivity contribution is 6.16. The third-order valence-electron chi connectivity index (χ3n) is 12.7. The van der Waals surface area contributed by atoms with Gasteiger partial charge in [-0.2, -0.15) is 0 Å². The molecule has 1 heterocycles. The molecule has 0 fully saturated rings. The summed E-state index contributed by atoms with van der Waals surface area (Å²) in [6.45, 7) is 0. The summed E-state index contributed by atoms with van der Waals surface area (Å²) >= 11 is 0. The first-order valence-electron chi connectivity index (χ1n) is 24.8. The van der Waals surface area contributed by atoms with Crippen LogP contribution in [0.1, 0.15) is 6.85 Å². The maximum absolute atomic E-state index is 9.02. The van der Waals surface area contributed by atoms with Gasteiger partial charge in [0.2, 0.25) is 0 Å². The number of fused-ring (bicyclic) bond motifs is 4. The third kappa shape index (κ3) is 7.12. The minimum Gasteiger partial charge on any atom is -0.311 e. The fourth-order valence-electron chi connectivity index (χ4n) is 9.56. The molecule has 0 aliphatic rings. The highest BCUT2D eigenvalue weighted by atomic mass is 15.1. The Morgan fingerprint density at radius 2 is 0.758 bits per heavy atom. The SMILES string of the molecule is [2H]c1c([2H])c([2H])c(-n2c3ccccc3c3c(-c4cc(-c5ccc(N(c6ccc(-c7ccccc7)cc6)c6ccc(-c7ccccc7)cc6)cc5)cc(-c5cccc6ccccc56)c4)cccc32)c([2H])c1[2H]. The molecule has 2 nitrogen and oxygen atoms in total. The Hall–Kier alpha value is -8.72. The van der Waals surface area contributed by atoms with Crippen LogP contribution in [-0.2, 0) is 0 Å². The Kier molecular flexibility index (Phi) is 8.58. The summed E-state index contributed by atoms with van der Waals surface area (Å²) < 4.78 is 45.4.